The van der Waals surface area contributed by atoms with Crippen LogP contribution < -0.4 is 10.5 Å². The molecule has 1 aromatic heterocycles. The van der Waals surface area contributed by atoms with Crippen LogP contribution in [0.5, 0.6) is 11.5 Å². The number of benzene rings is 3. The van der Waals surface area contributed by atoms with Crippen molar-refractivity contribution in [2.75, 3.05) is 0 Å². The largest absolute Gasteiger partial charge is 0.456 e. The minimum absolute atomic E-state index is 0.0327. The predicted octanol–water partition coefficient (Wildman–Crippen LogP) is 5.82. The van der Waals surface area contributed by atoms with E-state index in [4.69, 9.17) is 10.5 Å². The van der Waals surface area contributed by atoms with Crippen molar-refractivity contribution < 1.29 is 23.1 Å². The van der Waals surface area contributed by atoms with Crippen molar-refractivity contribution in [1.82, 2.24) is 4.57 Å². The molecule has 4 aromatic rings. The molecule has 4 rings (SSSR count). The predicted molar refractivity (Wildman–Crippen MR) is 137 cm³/mol. The van der Waals surface area contributed by atoms with Gasteiger partial charge in [0.25, 0.3) is 5.91 Å². The van der Waals surface area contributed by atoms with E-state index in [0.29, 0.717) is 26.1 Å². The van der Waals surface area contributed by atoms with Crippen molar-refractivity contribution >= 4 is 34.3 Å². The molecule has 0 radical (unpaired) electrons. The number of nitrogens with zero attached hydrogens (tertiary/aromatic N) is 1. The summed E-state index contributed by atoms with van der Waals surface area (Å²) in [7, 11) is 1.79. The topological polar surface area (TPSA) is 74.3 Å². The summed E-state index contributed by atoms with van der Waals surface area (Å²) in [5.74, 6) is -1.78. The Balaban J connectivity index is 1.64. The first-order valence-electron chi connectivity index (χ1n) is 10.7. The standard InChI is InChI=1S/C27H21F2IN2O3/c1-32-9-3-6-23(32)24(33)11-16-4-2-5-21(10-16)35-25-14-19(28)13-18(26(25)27(31)34)12-17-7-8-20(30)15-22(17)29/h2-10,13-15H,11-12H2,1H3,(H2,31,34). The number of nitrogens with two attached hydrogens (primary N) is 1. The normalized spacial score (nSPS) is 10.9. The van der Waals surface area contributed by atoms with E-state index in [9.17, 15) is 18.4 Å². The number of primary amides is 1. The first-order chi connectivity index (χ1) is 16.7. The quantitative estimate of drug-likeness (QED) is 0.209. The Bertz CT molecular complexity index is 1430. The van der Waals surface area contributed by atoms with E-state index in [-0.39, 0.29) is 35.5 Å². The third-order valence-corrected chi connectivity index (χ3v) is 6.18. The lowest BCUT2D eigenvalue weighted by molar-refractivity contribution is 0.0981. The summed E-state index contributed by atoms with van der Waals surface area (Å²) in [6, 6.07) is 17.2. The van der Waals surface area contributed by atoms with E-state index in [1.807, 2.05) is 22.6 Å². The van der Waals surface area contributed by atoms with Crippen molar-refractivity contribution in [3.05, 3.63) is 116 Å². The average molecular weight is 586 g/mol. The summed E-state index contributed by atoms with van der Waals surface area (Å²) in [6.07, 6.45) is 1.89. The second-order valence-electron chi connectivity index (χ2n) is 8.07. The summed E-state index contributed by atoms with van der Waals surface area (Å²) in [4.78, 5) is 24.9. The van der Waals surface area contributed by atoms with E-state index in [0.717, 1.165) is 12.1 Å². The van der Waals surface area contributed by atoms with Gasteiger partial charge in [0, 0.05) is 35.7 Å². The number of carbonyl (C=O) groups is 2. The van der Waals surface area contributed by atoms with Gasteiger partial charge in [-0.25, -0.2) is 8.78 Å². The number of Topliss-reactive ketones (excluding diaryl/α,β-unsaturated/α-hetero) is 1. The molecular weight excluding hydrogens is 565 g/mol. The molecule has 0 atom stereocenters. The molecule has 5 nitrogen and oxygen atoms in total. The van der Waals surface area contributed by atoms with E-state index in [1.165, 1.54) is 6.07 Å². The lowest BCUT2D eigenvalue weighted by atomic mass is 9.98. The Morgan fingerprint density at radius 1 is 1.00 bits per heavy atom. The maximum absolute atomic E-state index is 14.5. The van der Waals surface area contributed by atoms with Crippen LogP contribution in [0.15, 0.2) is 72.9 Å². The highest BCUT2D eigenvalue weighted by atomic mass is 127. The number of aryl methyl sites for hydroxylation is 1. The first-order valence-corrected chi connectivity index (χ1v) is 11.8. The second-order valence-corrected chi connectivity index (χ2v) is 9.31. The maximum Gasteiger partial charge on any atom is 0.252 e. The molecule has 0 aliphatic rings. The van der Waals surface area contributed by atoms with Crippen molar-refractivity contribution in [1.29, 1.82) is 0 Å². The second kappa shape index (κ2) is 10.4. The van der Waals surface area contributed by atoms with Gasteiger partial charge in [0.05, 0.1) is 11.3 Å². The number of halogens is 3. The molecule has 1 amide bonds. The van der Waals surface area contributed by atoms with Gasteiger partial charge in [0.1, 0.15) is 23.1 Å². The summed E-state index contributed by atoms with van der Waals surface area (Å²) in [5.41, 5.74) is 7.35. The fourth-order valence-corrected chi connectivity index (χ4v) is 4.33. The fourth-order valence-electron chi connectivity index (χ4n) is 3.88. The number of aromatic nitrogens is 1. The van der Waals surface area contributed by atoms with Crippen molar-refractivity contribution in [2.24, 2.45) is 12.8 Å². The molecule has 0 fully saturated rings. The molecule has 1 heterocycles. The van der Waals surface area contributed by atoms with Gasteiger partial charge in [-0.3, -0.25) is 9.59 Å². The van der Waals surface area contributed by atoms with Crippen molar-refractivity contribution in [2.45, 2.75) is 12.8 Å². The lowest BCUT2D eigenvalue weighted by Crippen LogP contribution is -2.16. The van der Waals surface area contributed by atoms with Gasteiger partial charge in [0.15, 0.2) is 5.78 Å². The Kier molecular flexibility index (Phi) is 7.30. The zero-order valence-corrected chi connectivity index (χ0v) is 20.9. The third-order valence-electron chi connectivity index (χ3n) is 5.51. The fraction of sp³-hybridized carbons (Fsp3) is 0.111. The Morgan fingerprint density at radius 2 is 1.80 bits per heavy atom. The zero-order valence-electron chi connectivity index (χ0n) is 18.7. The average Bonchev–Trinajstić information content (AvgIpc) is 3.21. The van der Waals surface area contributed by atoms with Crippen LogP contribution in [0.1, 0.15) is 37.5 Å². The monoisotopic (exact) mass is 586 g/mol. The zero-order chi connectivity index (χ0) is 25.1. The lowest BCUT2D eigenvalue weighted by Gasteiger charge is -2.15. The molecular formula is C27H21F2IN2O3. The number of amides is 1. The molecule has 0 bridgehead atoms. The summed E-state index contributed by atoms with van der Waals surface area (Å²) >= 11 is 1.99. The van der Waals surface area contributed by atoms with Gasteiger partial charge >= 0.3 is 0 Å². The number of hydrogen-bond acceptors (Lipinski definition) is 3. The summed E-state index contributed by atoms with van der Waals surface area (Å²) in [5, 5.41) is 0. The number of hydrogen-bond donors (Lipinski definition) is 1. The molecule has 3 aromatic carbocycles. The number of carbonyl (C=O) groups excluding carboxylic acids is 2. The van der Waals surface area contributed by atoms with Crippen LogP contribution in [0.2, 0.25) is 0 Å². The summed E-state index contributed by atoms with van der Waals surface area (Å²) in [6.45, 7) is 0. The number of ketones is 1. The molecule has 8 heteroatoms. The van der Waals surface area contributed by atoms with Gasteiger partial charge < -0.3 is 15.0 Å². The molecule has 0 aliphatic carbocycles. The van der Waals surface area contributed by atoms with Gasteiger partial charge in [-0.15, -0.1) is 0 Å². The van der Waals surface area contributed by atoms with E-state index in [2.05, 4.69) is 0 Å². The molecule has 0 unspecified atom stereocenters. The minimum atomic E-state index is -0.823. The molecule has 0 aliphatic heterocycles. The minimum Gasteiger partial charge on any atom is -0.456 e. The molecule has 178 valence electrons. The molecule has 0 saturated heterocycles. The Morgan fingerprint density at radius 3 is 2.49 bits per heavy atom. The summed E-state index contributed by atoms with van der Waals surface area (Å²) < 4.78 is 37.3. The highest BCUT2D eigenvalue weighted by molar-refractivity contribution is 14.1. The molecule has 2 N–H and O–H groups in total. The third kappa shape index (κ3) is 5.76. The highest BCUT2D eigenvalue weighted by Gasteiger charge is 2.20. The first kappa shape index (κ1) is 24.6. The SMILES string of the molecule is Cn1cccc1C(=O)Cc1cccc(Oc2cc(F)cc(Cc3ccc(I)cc3F)c2C(N)=O)c1. The molecule has 0 spiro atoms. The van der Waals surface area contributed by atoms with Crippen LogP contribution in [0.4, 0.5) is 8.78 Å². The smallest absolute Gasteiger partial charge is 0.252 e. The van der Waals surface area contributed by atoms with Crippen LogP contribution in [0.3, 0.4) is 0 Å². The van der Waals surface area contributed by atoms with Crippen molar-refractivity contribution in [3.8, 4) is 11.5 Å². The van der Waals surface area contributed by atoms with E-state index < -0.39 is 17.5 Å². The number of rotatable bonds is 8. The van der Waals surface area contributed by atoms with Crippen LogP contribution in [-0.4, -0.2) is 16.3 Å². The van der Waals surface area contributed by atoms with Gasteiger partial charge in [-0.05, 0) is 81.7 Å². The van der Waals surface area contributed by atoms with Crippen LogP contribution in [-0.2, 0) is 19.9 Å². The van der Waals surface area contributed by atoms with Crippen LogP contribution >= 0.6 is 22.6 Å². The van der Waals surface area contributed by atoms with Crippen LogP contribution in [0, 0.1) is 15.2 Å². The Labute approximate surface area is 214 Å². The van der Waals surface area contributed by atoms with E-state index in [1.54, 1.807) is 66.3 Å². The van der Waals surface area contributed by atoms with Crippen molar-refractivity contribution in [3.63, 3.8) is 0 Å². The maximum atomic E-state index is 14.5. The highest BCUT2D eigenvalue weighted by Crippen LogP contribution is 2.31. The molecule has 35 heavy (non-hydrogen) atoms. The van der Waals surface area contributed by atoms with E-state index >= 15 is 0 Å². The number of ether oxygens (including phenoxy) is 1. The van der Waals surface area contributed by atoms with Gasteiger partial charge in [-0.1, -0.05) is 18.2 Å². The Hall–Kier alpha value is -3.53. The van der Waals surface area contributed by atoms with Gasteiger partial charge in [0.2, 0.25) is 0 Å². The van der Waals surface area contributed by atoms with Gasteiger partial charge in [-0.2, -0.15) is 0 Å². The molecule has 0 saturated carbocycles. The van der Waals surface area contributed by atoms with Crippen LogP contribution in [0.25, 0.3) is 0 Å².